The second kappa shape index (κ2) is 7.60. The van der Waals surface area contributed by atoms with Gasteiger partial charge in [0, 0.05) is 0 Å². The van der Waals surface area contributed by atoms with Crippen molar-refractivity contribution in [1.29, 1.82) is 0 Å². The maximum atomic E-state index is 14.3. The third-order valence-electron chi connectivity index (χ3n) is 3.38. The van der Waals surface area contributed by atoms with Crippen LogP contribution in [-0.2, 0) is 0 Å². The minimum absolute atomic E-state index is 0. The molecule has 98 valence electrons. The van der Waals surface area contributed by atoms with Crippen molar-refractivity contribution >= 4 is 0 Å². The molecule has 0 aromatic heterocycles. The van der Waals surface area contributed by atoms with Gasteiger partial charge in [-0.25, -0.2) is 4.39 Å². The van der Waals surface area contributed by atoms with Crippen molar-refractivity contribution in [3.63, 3.8) is 0 Å². The van der Waals surface area contributed by atoms with Gasteiger partial charge in [0.25, 0.3) is 0 Å². The molecule has 0 saturated carbocycles. The first-order chi connectivity index (χ1) is 9.74. The quantitative estimate of drug-likeness (QED) is 0.625. The maximum absolute atomic E-state index is 14.3. The number of benzene rings is 3. The van der Waals surface area contributed by atoms with Gasteiger partial charge >= 0.3 is 58.2 Å². The van der Waals surface area contributed by atoms with Crippen LogP contribution in [0.5, 0.6) is 0 Å². The van der Waals surface area contributed by atoms with Crippen molar-refractivity contribution in [3.05, 3.63) is 84.2 Å². The molecule has 0 nitrogen and oxygen atoms in total. The smallest absolute Gasteiger partial charge is 0.206 e. The van der Waals surface area contributed by atoms with Crippen LogP contribution < -0.4 is 58.2 Å². The average Bonchev–Trinajstić information content (AvgIpc) is 2.49. The van der Waals surface area contributed by atoms with Crippen molar-refractivity contribution < 1.29 is 62.6 Å². The number of halogens is 1. The standard InChI is InChI=1S/C19H14F.Rb/c1-14-7-9-15(10-8-14)17-11-12-18(19(20)13-17)16-5-3-2-4-6-16;/h3-13H,1H3;/q-1;+1. The van der Waals surface area contributed by atoms with E-state index in [4.69, 9.17) is 0 Å². The molecule has 0 fully saturated rings. The van der Waals surface area contributed by atoms with Gasteiger partial charge in [-0.2, -0.15) is 30.3 Å². The molecule has 0 aliphatic carbocycles. The Labute approximate surface area is 173 Å². The number of hydrogen-bond acceptors (Lipinski definition) is 0. The van der Waals surface area contributed by atoms with E-state index in [0.29, 0.717) is 5.56 Å². The van der Waals surface area contributed by atoms with Crippen LogP contribution in [0.25, 0.3) is 22.3 Å². The molecule has 0 amide bonds. The van der Waals surface area contributed by atoms with Gasteiger partial charge in [-0.05, 0) is 29.7 Å². The molecule has 3 aromatic rings. The topological polar surface area (TPSA) is 0 Å². The fourth-order valence-electron chi connectivity index (χ4n) is 2.24. The molecule has 0 saturated heterocycles. The van der Waals surface area contributed by atoms with Crippen LogP contribution >= 0.6 is 0 Å². The van der Waals surface area contributed by atoms with Gasteiger partial charge in [-0.15, -0.1) is 5.56 Å². The molecular formula is C19H14FRb. The molecule has 3 aromatic carbocycles. The van der Waals surface area contributed by atoms with Gasteiger partial charge in [0.2, 0.25) is 0 Å². The van der Waals surface area contributed by atoms with E-state index in [2.05, 4.69) is 6.07 Å². The molecule has 0 atom stereocenters. The Morgan fingerprint density at radius 1 is 0.762 bits per heavy atom. The monoisotopic (exact) mass is 346 g/mol. The van der Waals surface area contributed by atoms with E-state index < -0.39 is 0 Å². The van der Waals surface area contributed by atoms with Gasteiger partial charge in [0.05, 0.1) is 0 Å². The minimum atomic E-state index is -0.200. The van der Waals surface area contributed by atoms with Crippen molar-refractivity contribution in [2.75, 3.05) is 0 Å². The van der Waals surface area contributed by atoms with E-state index >= 15 is 0 Å². The first-order valence-electron chi connectivity index (χ1n) is 6.57. The zero-order valence-corrected chi connectivity index (χ0v) is 17.1. The summed E-state index contributed by atoms with van der Waals surface area (Å²) >= 11 is 0. The SMILES string of the molecule is Cc1ccc(-c2ccc(-c3cc[c-]cc3)c(F)c2)cc1.[Rb+]. The third kappa shape index (κ3) is 3.98. The fourth-order valence-corrected chi connectivity index (χ4v) is 2.24. The Kier molecular flexibility index (Phi) is 6.06. The molecule has 3 rings (SSSR count). The Hall–Kier alpha value is -0.605. The van der Waals surface area contributed by atoms with E-state index in [9.17, 15) is 4.39 Å². The van der Waals surface area contributed by atoms with E-state index in [1.54, 1.807) is 18.2 Å². The van der Waals surface area contributed by atoms with Crippen molar-refractivity contribution in [1.82, 2.24) is 0 Å². The Morgan fingerprint density at radius 3 is 2.00 bits per heavy atom. The van der Waals surface area contributed by atoms with E-state index in [1.165, 1.54) is 5.56 Å². The second-order valence-electron chi connectivity index (χ2n) is 4.85. The van der Waals surface area contributed by atoms with Gasteiger partial charge in [0.15, 0.2) is 0 Å². The zero-order chi connectivity index (χ0) is 13.9. The first-order valence-corrected chi connectivity index (χ1v) is 6.57. The average molecular weight is 347 g/mol. The van der Waals surface area contributed by atoms with Gasteiger partial charge in [-0.3, -0.25) is 0 Å². The van der Waals surface area contributed by atoms with Crippen molar-refractivity contribution in [2.45, 2.75) is 6.92 Å². The number of aryl methyl sites for hydroxylation is 1. The van der Waals surface area contributed by atoms with E-state index in [1.807, 2.05) is 55.5 Å². The molecule has 0 aliphatic heterocycles. The summed E-state index contributed by atoms with van der Waals surface area (Å²) in [5.74, 6) is -0.200. The van der Waals surface area contributed by atoms with Crippen LogP contribution in [0.4, 0.5) is 4.39 Å². The summed E-state index contributed by atoms with van der Waals surface area (Å²) in [5, 5.41) is 0. The summed E-state index contributed by atoms with van der Waals surface area (Å²) in [7, 11) is 0. The van der Waals surface area contributed by atoms with Crippen LogP contribution in [0.2, 0.25) is 0 Å². The minimum Gasteiger partial charge on any atom is -0.206 e. The van der Waals surface area contributed by atoms with Crippen molar-refractivity contribution in [3.8, 4) is 22.3 Å². The van der Waals surface area contributed by atoms with Crippen LogP contribution in [0.3, 0.4) is 0 Å². The summed E-state index contributed by atoms with van der Waals surface area (Å²) in [6, 6.07) is 23.7. The van der Waals surface area contributed by atoms with E-state index in [-0.39, 0.29) is 64.0 Å². The molecule has 0 N–H and O–H groups in total. The molecule has 0 heterocycles. The zero-order valence-electron chi connectivity index (χ0n) is 12.2. The Bertz CT molecular complexity index is 718. The molecular weight excluding hydrogens is 333 g/mol. The summed E-state index contributed by atoms with van der Waals surface area (Å²) in [4.78, 5) is 0. The van der Waals surface area contributed by atoms with Crippen LogP contribution in [0.1, 0.15) is 5.56 Å². The number of hydrogen-bond donors (Lipinski definition) is 0. The molecule has 0 spiro atoms. The molecule has 0 radical (unpaired) electrons. The number of rotatable bonds is 2. The molecule has 0 aliphatic rings. The Balaban J connectivity index is 0.00000161. The predicted molar refractivity (Wildman–Crippen MR) is 80.8 cm³/mol. The van der Waals surface area contributed by atoms with Gasteiger partial charge < -0.3 is 0 Å². The van der Waals surface area contributed by atoms with E-state index in [0.717, 1.165) is 16.7 Å². The van der Waals surface area contributed by atoms with Crippen molar-refractivity contribution in [2.24, 2.45) is 0 Å². The van der Waals surface area contributed by atoms with Crippen LogP contribution in [0, 0.1) is 18.8 Å². The summed E-state index contributed by atoms with van der Waals surface area (Å²) in [5.41, 5.74) is 4.62. The first kappa shape index (κ1) is 16.8. The fraction of sp³-hybridized carbons (Fsp3) is 0.0526. The van der Waals surface area contributed by atoms with Crippen LogP contribution in [-0.4, -0.2) is 0 Å². The molecule has 0 bridgehead atoms. The molecule has 21 heavy (non-hydrogen) atoms. The Morgan fingerprint density at radius 2 is 1.38 bits per heavy atom. The molecule has 0 unspecified atom stereocenters. The predicted octanol–water partition coefficient (Wildman–Crippen LogP) is 2.27. The van der Waals surface area contributed by atoms with Gasteiger partial charge in [0.1, 0.15) is 5.82 Å². The summed E-state index contributed by atoms with van der Waals surface area (Å²) in [6.45, 7) is 2.04. The normalized spacial score (nSPS) is 10.0. The van der Waals surface area contributed by atoms with Gasteiger partial charge in [-0.1, -0.05) is 42.0 Å². The summed E-state index contributed by atoms with van der Waals surface area (Å²) in [6.07, 6.45) is 0. The largest absolute Gasteiger partial charge is 1.00 e. The summed E-state index contributed by atoms with van der Waals surface area (Å²) < 4.78 is 14.3. The maximum Gasteiger partial charge on any atom is 1.00 e. The van der Waals surface area contributed by atoms with Crippen LogP contribution in [0.15, 0.2) is 66.7 Å². The third-order valence-corrected chi connectivity index (χ3v) is 3.38. The second-order valence-corrected chi connectivity index (χ2v) is 4.85. The molecule has 2 heteroatoms.